The van der Waals surface area contributed by atoms with E-state index in [2.05, 4.69) is 16.0 Å². The molecule has 0 unspecified atom stereocenters. The van der Waals surface area contributed by atoms with Gasteiger partial charge >= 0.3 is 5.97 Å². The summed E-state index contributed by atoms with van der Waals surface area (Å²) in [5.74, 6) is -3.34. The summed E-state index contributed by atoms with van der Waals surface area (Å²) in [6.07, 6.45) is 4.05. The van der Waals surface area contributed by atoms with Crippen LogP contribution in [0.4, 0.5) is 8.78 Å². The van der Waals surface area contributed by atoms with Crippen LogP contribution in [0.1, 0.15) is 72.0 Å². The molecular weight excluding hydrogens is 606 g/mol. The summed E-state index contributed by atoms with van der Waals surface area (Å²) in [7, 11) is 0. The van der Waals surface area contributed by atoms with Crippen LogP contribution in [-0.4, -0.2) is 56.3 Å². The molecule has 2 saturated heterocycles. The normalized spacial score (nSPS) is 22.1. The molecule has 0 amide bonds. The number of carboxylic acid groups (broad SMARTS) is 1. The van der Waals surface area contributed by atoms with Gasteiger partial charge in [-0.3, -0.25) is 9.88 Å². The predicted molar refractivity (Wildman–Crippen MR) is 162 cm³/mol. The van der Waals surface area contributed by atoms with Crippen LogP contribution >= 0.6 is 11.6 Å². The third kappa shape index (κ3) is 5.62. The molecular formula is C33H33ClF2N4O5. The molecule has 9 nitrogen and oxygen atoms in total. The molecule has 1 N–H and O–H groups in total. The van der Waals surface area contributed by atoms with Gasteiger partial charge in [0, 0.05) is 37.8 Å². The first kappa shape index (κ1) is 29.9. The van der Waals surface area contributed by atoms with Crippen molar-refractivity contribution in [2.75, 3.05) is 19.7 Å². The SMILES string of the molecule is CC(F)(F)c1cc(C(=O)O)cc2c1nc(CN1CCC(c3cccc4c3O[C@@](C)(c3ccc(Cl)cn3)O4)CC1)n2C[C@@H]1CCO1. The molecule has 236 valence electrons. The van der Waals surface area contributed by atoms with Crippen LogP contribution in [0.3, 0.4) is 0 Å². The summed E-state index contributed by atoms with van der Waals surface area (Å²) >= 11 is 6.04. The first-order chi connectivity index (χ1) is 21.5. The average molecular weight is 639 g/mol. The molecule has 2 aromatic carbocycles. The first-order valence-electron chi connectivity index (χ1n) is 15.1. The topological polar surface area (TPSA) is 98.9 Å². The molecule has 2 fully saturated rings. The molecule has 0 bridgehead atoms. The highest BCUT2D eigenvalue weighted by atomic mass is 35.5. The lowest BCUT2D eigenvalue weighted by molar-refractivity contribution is -0.0722. The molecule has 5 heterocycles. The average Bonchev–Trinajstić information content (AvgIpc) is 3.51. The largest absolute Gasteiger partial charge is 0.478 e. The number of imidazole rings is 1. The molecule has 4 aromatic rings. The van der Waals surface area contributed by atoms with E-state index in [1.54, 1.807) is 18.3 Å². The number of hydrogen-bond donors (Lipinski definition) is 1. The van der Waals surface area contributed by atoms with E-state index in [1.807, 2.05) is 23.6 Å². The fraction of sp³-hybridized carbons (Fsp3) is 0.424. The number of piperidine rings is 1. The van der Waals surface area contributed by atoms with Gasteiger partial charge in [-0.2, -0.15) is 0 Å². The van der Waals surface area contributed by atoms with Crippen LogP contribution in [-0.2, 0) is 29.5 Å². The zero-order valence-electron chi connectivity index (χ0n) is 24.9. The first-order valence-corrected chi connectivity index (χ1v) is 15.5. The Labute approximate surface area is 263 Å². The molecule has 0 saturated carbocycles. The van der Waals surface area contributed by atoms with Gasteiger partial charge < -0.3 is 23.9 Å². The van der Waals surface area contributed by atoms with E-state index in [1.165, 1.54) is 6.07 Å². The maximum Gasteiger partial charge on any atom is 0.335 e. The van der Waals surface area contributed by atoms with Crippen molar-refractivity contribution in [2.45, 2.75) is 69.9 Å². The summed E-state index contributed by atoms with van der Waals surface area (Å²) in [5, 5.41) is 10.2. The Kier molecular flexibility index (Phi) is 7.45. The number of rotatable bonds is 8. The number of para-hydroxylation sites is 1. The second kappa shape index (κ2) is 11.2. The quantitative estimate of drug-likeness (QED) is 0.227. The minimum Gasteiger partial charge on any atom is -0.478 e. The second-order valence-corrected chi connectivity index (χ2v) is 12.7. The van der Waals surface area contributed by atoms with Gasteiger partial charge in [-0.25, -0.2) is 18.6 Å². The number of carboxylic acids is 1. The molecule has 0 spiro atoms. The number of nitrogens with zero attached hydrogens (tertiary/aromatic N) is 4. The Bertz CT molecular complexity index is 1760. The second-order valence-electron chi connectivity index (χ2n) is 12.2. The molecule has 0 radical (unpaired) electrons. The van der Waals surface area contributed by atoms with Crippen molar-refractivity contribution in [3.8, 4) is 11.5 Å². The van der Waals surface area contributed by atoms with Crippen molar-refractivity contribution < 1.29 is 32.9 Å². The van der Waals surface area contributed by atoms with E-state index >= 15 is 0 Å². The molecule has 3 aliphatic rings. The van der Waals surface area contributed by atoms with Gasteiger partial charge in [0.05, 0.1) is 40.8 Å². The van der Waals surface area contributed by atoms with Gasteiger partial charge in [-0.05, 0) is 68.6 Å². The minimum atomic E-state index is -3.26. The lowest BCUT2D eigenvalue weighted by Crippen LogP contribution is -2.35. The van der Waals surface area contributed by atoms with Crippen LogP contribution in [0.2, 0.25) is 5.02 Å². The van der Waals surface area contributed by atoms with Gasteiger partial charge in [0.15, 0.2) is 11.5 Å². The van der Waals surface area contributed by atoms with Gasteiger partial charge in [0.1, 0.15) is 11.5 Å². The number of pyridine rings is 1. The number of carbonyl (C=O) groups is 1. The van der Waals surface area contributed by atoms with Crippen LogP contribution in [0.25, 0.3) is 11.0 Å². The Morgan fingerprint density at radius 3 is 2.58 bits per heavy atom. The van der Waals surface area contributed by atoms with Crippen molar-refractivity contribution in [2.24, 2.45) is 0 Å². The summed E-state index contributed by atoms with van der Waals surface area (Å²) in [4.78, 5) is 23.2. The predicted octanol–water partition coefficient (Wildman–Crippen LogP) is 6.71. The third-order valence-corrected chi connectivity index (χ3v) is 9.25. The lowest BCUT2D eigenvalue weighted by Gasteiger charge is -2.33. The number of alkyl halides is 2. The van der Waals surface area contributed by atoms with E-state index in [4.69, 9.17) is 30.8 Å². The van der Waals surface area contributed by atoms with E-state index in [9.17, 15) is 18.7 Å². The molecule has 7 rings (SSSR count). The number of aromatic nitrogens is 3. The fourth-order valence-electron chi connectivity index (χ4n) is 6.51. The maximum atomic E-state index is 14.7. The van der Waals surface area contributed by atoms with Crippen molar-refractivity contribution in [3.05, 3.63) is 81.9 Å². The standard InChI is InChI=1S/C33H33ClF2N4O5/c1-32(35,36)24-14-20(31(41)42)15-25-29(24)38-28(40(25)17-22-10-13-43-22)18-39-11-8-19(9-12-39)23-4-3-5-26-30(23)45-33(2,44-26)27-7-6-21(34)16-37-27/h3-7,14-16,19,22H,8-13,17-18H2,1-2H3,(H,41,42)/t22-,33-/m0/s1. The number of ether oxygens (including phenoxy) is 3. The van der Waals surface area contributed by atoms with E-state index in [0.29, 0.717) is 47.5 Å². The molecule has 12 heteroatoms. The zero-order valence-corrected chi connectivity index (χ0v) is 25.7. The van der Waals surface area contributed by atoms with Gasteiger partial charge in [-0.1, -0.05) is 23.7 Å². The zero-order chi connectivity index (χ0) is 31.5. The van der Waals surface area contributed by atoms with Gasteiger partial charge in [-0.15, -0.1) is 0 Å². The molecule has 2 atom stereocenters. The van der Waals surface area contributed by atoms with Crippen molar-refractivity contribution in [1.29, 1.82) is 0 Å². The summed E-state index contributed by atoms with van der Waals surface area (Å²) < 4.78 is 49.6. The number of likely N-dealkylation sites (tertiary alicyclic amines) is 1. The molecule has 2 aromatic heterocycles. The number of halogens is 3. The van der Waals surface area contributed by atoms with Crippen LogP contribution in [0.15, 0.2) is 48.7 Å². The lowest BCUT2D eigenvalue weighted by atomic mass is 9.88. The molecule has 0 aliphatic carbocycles. The van der Waals surface area contributed by atoms with Crippen molar-refractivity contribution in [3.63, 3.8) is 0 Å². The van der Waals surface area contributed by atoms with Crippen LogP contribution in [0, 0.1) is 0 Å². The Morgan fingerprint density at radius 1 is 1.16 bits per heavy atom. The fourth-order valence-corrected chi connectivity index (χ4v) is 6.62. The minimum absolute atomic E-state index is 0.0675. The number of fused-ring (bicyclic) bond motifs is 2. The highest BCUT2D eigenvalue weighted by Gasteiger charge is 2.42. The van der Waals surface area contributed by atoms with E-state index < -0.39 is 17.7 Å². The molecule has 3 aliphatic heterocycles. The van der Waals surface area contributed by atoms with Crippen molar-refractivity contribution in [1.82, 2.24) is 19.4 Å². The maximum absolute atomic E-state index is 14.7. The number of hydrogen-bond acceptors (Lipinski definition) is 7. The van der Waals surface area contributed by atoms with Crippen LogP contribution < -0.4 is 9.47 Å². The van der Waals surface area contributed by atoms with E-state index in [0.717, 1.165) is 56.7 Å². The van der Waals surface area contributed by atoms with Crippen LogP contribution in [0.5, 0.6) is 11.5 Å². The summed E-state index contributed by atoms with van der Waals surface area (Å²) in [6, 6.07) is 12.0. The number of aromatic carboxylic acids is 1. The molecule has 45 heavy (non-hydrogen) atoms. The summed E-state index contributed by atoms with van der Waals surface area (Å²) in [5.41, 5.74) is 1.65. The smallest absolute Gasteiger partial charge is 0.335 e. The third-order valence-electron chi connectivity index (χ3n) is 9.03. The van der Waals surface area contributed by atoms with Gasteiger partial charge in [0.25, 0.3) is 11.7 Å². The number of benzene rings is 2. The Hall–Kier alpha value is -3.80. The van der Waals surface area contributed by atoms with Gasteiger partial charge in [0.2, 0.25) is 0 Å². The monoisotopic (exact) mass is 638 g/mol. The van der Waals surface area contributed by atoms with E-state index in [-0.39, 0.29) is 28.7 Å². The summed E-state index contributed by atoms with van der Waals surface area (Å²) in [6.45, 7) is 5.64. The Balaban J connectivity index is 1.12. The highest BCUT2D eigenvalue weighted by molar-refractivity contribution is 6.30. The Morgan fingerprint density at radius 2 is 1.93 bits per heavy atom. The highest BCUT2D eigenvalue weighted by Crippen LogP contribution is 2.49. The van der Waals surface area contributed by atoms with Crippen molar-refractivity contribution >= 4 is 28.6 Å².